The van der Waals surface area contributed by atoms with E-state index in [9.17, 15) is 0 Å². The van der Waals surface area contributed by atoms with E-state index in [0.29, 0.717) is 11.9 Å². The number of likely N-dealkylation sites (N-methyl/N-ethyl adjacent to an activating group) is 1. The summed E-state index contributed by atoms with van der Waals surface area (Å²) in [5.74, 6) is 1.02. The van der Waals surface area contributed by atoms with E-state index in [-0.39, 0.29) is 12.0 Å². The predicted molar refractivity (Wildman–Crippen MR) is 73.0 cm³/mol. The number of nitrogen functional groups attached to an aromatic ring is 1. The maximum absolute atomic E-state index is 5.69. The number of hydrogen-bond acceptors (Lipinski definition) is 7. The summed E-state index contributed by atoms with van der Waals surface area (Å²) in [6.07, 6.45) is 3.41. The van der Waals surface area contributed by atoms with Crippen LogP contribution in [0.3, 0.4) is 0 Å². The lowest BCUT2D eigenvalue weighted by molar-refractivity contribution is 0.391. The first-order chi connectivity index (χ1) is 9.04. The predicted octanol–water partition coefficient (Wildman–Crippen LogP) is 0.00150. The molecule has 0 aromatic carbocycles. The first-order valence-electron chi connectivity index (χ1n) is 5.97. The second kappa shape index (κ2) is 5.61. The van der Waals surface area contributed by atoms with Crippen molar-refractivity contribution < 1.29 is 0 Å². The van der Waals surface area contributed by atoms with E-state index in [2.05, 4.69) is 30.3 Å². The second-order valence-corrected chi connectivity index (χ2v) is 4.58. The highest BCUT2D eigenvalue weighted by Crippen LogP contribution is 2.07. The molecule has 2 rings (SSSR count). The van der Waals surface area contributed by atoms with Crippen molar-refractivity contribution in [2.24, 2.45) is 0 Å². The van der Waals surface area contributed by atoms with Crippen molar-refractivity contribution in [1.29, 1.82) is 0 Å². The van der Waals surface area contributed by atoms with Gasteiger partial charge in [-0.2, -0.15) is 20.1 Å². The van der Waals surface area contributed by atoms with Crippen molar-refractivity contribution in [2.75, 3.05) is 31.7 Å². The number of aromatic nitrogens is 5. The molecule has 1 atom stereocenters. The van der Waals surface area contributed by atoms with Crippen molar-refractivity contribution in [3.05, 3.63) is 18.5 Å². The lowest BCUT2D eigenvalue weighted by Crippen LogP contribution is -2.30. The quantitative estimate of drug-likeness (QED) is 0.782. The molecule has 2 aromatic heterocycles. The fraction of sp³-hybridized carbons (Fsp3) is 0.455. The van der Waals surface area contributed by atoms with Crippen LogP contribution >= 0.6 is 0 Å². The molecule has 0 bridgehead atoms. The first kappa shape index (κ1) is 13.2. The average molecular weight is 262 g/mol. The van der Waals surface area contributed by atoms with Crippen molar-refractivity contribution in [3.63, 3.8) is 0 Å². The molecule has 0 amide bonds. The fourth-order valence-electron chi connectivity index (χ4n) is 1.75. The van der Waals surface area contributed by atoms with Crippen LogP contribution in [0.25, 0.3) is 5.95 Å². The molecule has 2 heterocycles. The van der Waals surface area contributed by atoms with Crippen LogP contribution in [0.4, 0.5) is 11.9 Å². The molecule has 8 nitrogen and oxygen atoms in total. The Morgan fingerprint density at radius 3 is 2.79 bits per heavy atom. The molecule has 2 aromatic rings. The Labute approximate surface area is 111 Å². The molecule has 0 aliphatic heterocycles. The Morgan fingerprint density at radius 1 is 1.37 bits per heavy atom. The van der Waals surface area contributed by atoms with Gasteiger partial charge in [0.15, 0.2) is 0 Å². The highest BCUT2D eigenvalue weighted by atomic mass is 15.4. The minimum atomic E-state index is 0.167. The van der Waals surface area contributed by atoms with E-state index in [1.807, 2.05) is 21.0 Å². The maximum atomic E-state index is 5.69. The molecule has 102 valence electrons. The van der Waals surface area contributed by atoms with Gasteiger partial charge in [-0.1, -0.05) is 0 Å². The van der Waals surface area contributed by atoms with Gasteiger partial charge in [0.2, 0.25) is 11.9 Å². The Kier molecular flexibility index (Phi) is 3.91. The number of nitrogens with zero attached hydrogens (tertiary/aromatic N) is 6. The summed E-state index contributed by atoms with van der Waals surface area (Å²) in [4.78, 5) is 14.5. The van der Waals surface area contributed by atoms with Gasteiger partial charge in [0, 0.05) is 25.0 Å². The number of rotatable bonds is 5. The molecule has 19 heavy (non-hydrogen) atoms. The monoisotopic (exact) mass is 262 g/mol. The Hall–Kier alpha value is -2.22. The van der Waals surface area contributed by atoms with Crippen LogP contribution in [0.15, 0.2) is 18.5 Å². The van der Waals surface area contributed by atoms with E-state index in [4.69, 9.17) is 5.73 Å². The molecular weight excluding hydrogens is 244 g/mol. The van der Waals surface area contributed by atoms with Gasteiger partial charge in [0.05, 0.1) is 0 Å². The maximum Gasteiger partial charge on any atom is 0.257 e. The van der Waals surface area contributed by atoms with Crippen LogP contribution in [-0.4, -0.2) is 56.3 Å². The van der Waals surface area contributed by atoms with Gasteiger partial charge >= 0.3 is 0 Å². The average Bonchev–Trinajstić information content (AvgIpc) is 2.79. The first-order valence-corrected chi connectivity index (χ1v) is 5.97. The normalized spacial score (nSPS) is 12.6. The van der Waals surface area contributed by atoms with E-state index < -0.39 is 0 Å². The molecule has 0 aliphatic carbocycles. The smallest absolute Gasteiger partial charge is 0.257 e. The van der Waals surface area contributed by atoms with Gasteiger partial charge in [-0.15, -0.1) is 0 Å². The number of anilines is 2. The van der Waals surface area contributed by atoms with Crippen LogP contribution in [-0.2, 0) is 0 Å². The van der Waals surface area contributed by atoms with E-state index in [0.717, 1.165) is 6.54 Å². The summed E-state index contributed by atoms with van der Waals surface area (Å²) in [6, 6.07) is 1.99. The van der Waals surface area contributed by atoms with Gasteiger partial charge < -0.3 is 16.0 Å². The molecule has 0 saturated heterocycles. The van der Waals surface area contributed by atoms with Crippen molar-refractivity contribution in [2.45, 2.75) is 13.0 Å². The Balaban J connectivity index is 2.18. The summed E-state index contributed by atoms with van der Waals surface area (Å²) in [5, 5.41) is 7.26. The zero-order valence-electron chi connectivity index (χ0n) is 11.3. The Morgan fingerprint density at radius 2 is 2.16 bits per heavy atom. The third-order valence-electron chi connectivity index (χ3n) is 2.36. The van der Waals surface area contributed by atoms with E-state index in [1.54, 1.807) is 23.1 Å². The lowest BCUT2D eigenvalue weighted by atomic mass is 10.3. The molecule has 0 saturated carbocycles. The highest BCUT2D eigenvalue weighted by molar-refractivity contribution is 5.35. The zero-order chi connectivity index (χ0) is 13.8. The molecule has 0 spiro atoms. The molecule has 0 fully saturated rings. The molecular formula is C11H18N8. The minimum Gasteiger partial charge on any atom is -0.368 e. The van der Waals surface area contributed by atoms with Crippen LogP contribution < -0.4 is 11.1 Å². The van der Waals surface area contributed by atoms with Gasteiger partial charge in [0.25, 0.3) is 5.95 Å². The van der Waals surface area contributed by atoms with Crippen LogP contribution in [0.2, 0.25) is 0 Å². The molecule has 8 heteroatoms. The largest absolute Gasteiger partial charge is 0.368 e. The minimum absolute atomic E-state index is 0.167. The zero-order valence-corrected chi connectivity index (χ0v) is 11.3. The van der Waals surface area contributed by atoms with Crippen molar-refractivity contribution >= 4 is 11.9 Å². The van der Waals surface area contributed by atoms with Crippen molar-refractivity contribution in [3.8, 4) is 5.95 Å². The SMILES string of the molecule is CC(CN(C)C)Nc1nc(N)nc(-n2cccn2)n1. The number of nitrogens with one attached hydrogen (secondary N) is 1. The van der Waals surface area contributed by atoms with Gasteiger partial charge in [-0.3, -0.25) is 0 Å². The highest BCUT2D eigenvalue weighted by Gasteiger charge is 2.09. The molecule has 3 N–H and O–H groups in total. The summed E-state index contributed by atoms with van der Waals surface area (Å²) < 4.78 is 1.54. The summed E-state index contributed by atoms with van der Waals surface area (Å²) >= 11 is 0. The van der Waals surface area contributed by atoms with Gasteiger partial charge in [-0.25, -0.2) is 4.68 Å². The van der Waals surface area contributed by atoms with E-state index >= 15 is 0 Å². The summed E-state index contributed by atoms with van der Waals surface area (Å²) in [5.41, 5.74) is 5.69. The van der Waals surface area contributed by atoms with Crippen molar-refractivity contribution in [1.82, 2.24) is 29.6 Å². The van der Waals surface area contributed by atoms with Gasteiger partial charge in [0.1, 0.15) is 0 Å². The topological polar surface area (TPSA) is 97.8 Å². The number of hydrogen-bond donors (Lipinski definition) is 2. The second-order valence-electron chi connectivity index (χ2n) is 4.58. The van der Waals surface area contributed by atoms with Crippen LogP contribution in [0.1, 0.15) is 6.92 Å². The molecule has 0 aliphatic rings. The third-order valence-corrected chi connectivity index (χ3v) is 2.36. The summed E-state index contributed by atoms with van der Waals surface area (Å²) in [7, 11) is 4.02. The molecule has 0 radical (unpaired) electrons. The Bertz CT molecular complexity index is 521. The lowest BCUT2D eigenvalue weighted by Gasteiger charge is -2.18. The number of nitrogens with two attached hydrogens (primary N) is 1. The van der Waals surface area contributed by atoms with Gasteiger partial charge in [-0.05, 0) is 27.1 Å². The van der Waals surface area contributed by atoms with Crippen LogP contribution in [0.5, 0.6) is 0 Å². The third kappa shape index (κ3) is 3.62. The molecule has 1 unspecified atom stereocenters. The standard InChI is InChI=1S/C11H18N8/c1-8(7-18(2)3)14-10-15-9(12)16-11(17-10)19-6-4-5-13-19/h4-6,8H,7H2,1-3H3,(H3,12,14,15,16,17). The van der Waals surface area contributed by atoms with Crippen LogP contribution in [0, 0.1) is 0 Å². The summed E-state index contributed by atoms with van der Waals surface area (Å²) in [6.45, 7) is 2.91. The fourth-order valence-corrected chi connectivity index (χ4v) is 1.75. The van der Waals surface area contributed by atoms with E-state index in [1.165, 1.54) is 0 Å².